The summed E-state index contributed by atoms with van der Waals surface area (Å²) in [5.41, 5.74) is 7.42. The highest BCUT2D eigenvalue weighted by Gasteiger charge is 2.11. The Bertz CT molecular complexity index is 578. The van der Waals surface area contributed by atoms with Gasteiger partial charge in [-0.05, 0) is 30.7 Å². The Morgan fingerprint density at radius 2 is 2.22 bits per heavy atom. The van der Waals surface area contributed by atoms with E-state index in [2.05, 4.69) is 20.5 Å². The van der Waals surface area contributed by atoms with Gasteiger partial charge in [-0.3, -0.25) is 4.79 Å². The van der Waals surface area contributed by atoms with E-state index in [0.717, 1.165) is 33.9 Å². The Morgan fingerprint density at radius 3 is 2.89 bits per heavy atom. The second-order valence-electron chi connectivity index (χ2n) is 4.22. The Balaban J connectivity index is 2.48. The van der Waals surface area contributed by atoms with E-state index in [1.54, 1.807) is 0 Å². The van der Waals surface area contributed by atoms with Gasteiger partial charge in [0.15, 0.2) is 0 Å². The molecule has 3 N–H and O–H groups in total. The number of halogens is 1. The van der Waals surface area contributed by atoms with Crippen molar-refractivity contribution in [2.75, 3.05) is 6.54 Å². The lowest BCUT2D eigenvalue weighted by Gasteiger charge is -2.03. The zero-order chi connectivity index (χ0) is 13.1. The van der Waals surface area contributed by atoms with Gasteiger partial charge in [0, 0.05) is 28.1 Å². The zero-order valence-electron chi connectivity index (χ0n) is 9.90. The molecule has 0 saturated carbocycles. The third-order valence-electron chi connectivity index (χ3n) is 2.87. The number of hydrogen-bond acceptors (Lipinski definition) is 2. The average molecular weight is 311 g/mol. The maximum atomic E-state index is 10.9. The van der Waals surface area contributed by atoms with Crippen molar-refractivity contribution in [3.05, 3.63) is 34.4 Å². The van der Waals surface area contributed by atoms with Gasteiger partial charge in [-0.25, -0.2) is 0 Å². The second kappa shape index (κ2) is 5.54. The molecule has 0 radical (unpaired) electrons. The first kappa shape index (κ1) is 13.1. The fourth-order valence-electron chi connectivity index (χ4n) is 2.09. The Hall–Kier alpha value is -1.33. The molecular formula is C13H15BrN2O2. The maximum Gasteiger partial charge on any atom is 0.307 e. The Kier molecular flexibility index (Phi) is 4.04. The average Bonchev–Trinajstić information content (AvgIpc) is 2.63. The highest BCUT2D eigenvalue weighted by atomic mass is 79.9. The summed E-state index contributed by atoms with van der Waals surface area (Å²) in [7, 11) is 0. The molecule has 96 valence electrons. The van der Waals surface area contributed by atoms with Crippen LogP contribution in [-0.2, 0) is 17.8 Å². The number of aliphatic carboxylic acids is 1. The lowest BCUT2D eigenvalue weighted by molar-refractivity contribution is -0.136. The van der Waals surface area contributed by atoms with Crippen LogP contribution in [-0.4, -0.2) is 22.2 Å². The molecule has 0 spiro atoms. The summed E-state index contributed by atoms with van der Waals surface area (Å²) < 4.78 is 3.06. The summed E-state index contributed by atoms with van der Waals surface area (Å²) in [5.74, 6) is -0.809. The van der Waals surface area contributed by atoms with E-state index in [0.29, 0.717) is 6.54 Å². The standard InChI is InChI=1S/C13H15BrN2O2/c14-10-2-3-11-9(6-13(17)18)8-16(5-1-4-15)12(11)7-10/h2-3,7-8H,1,4-6,15H2,(H,17,18). The molecule has 5 heteroatoms. The quantitative estimate of drug-likeness (QED) is 0.891. The first-order valence-electron chi connectivity index (χ1n) is 5.81. The minimum Gasteiger partial charge on any atom is -0.481 e. The molecule has 0 unspecified atom stereocenters. The van der Waals surface area contributed by atoms with Crippen molar-refractivity contribution in [2.24, 2.45) is 5.73 Å². The molecule has 0 bridgehead atoms. The van der Waals surface area contributed by atoms with Gasteiger partial charge in [0.25, 0.3) is 0 Å². The summed E-state index contributed by atoms with van der Waals surface area (Å²) in [4.78, 5) is 10.9. The molecule has 0 fully saturated rings. The van der Waals surface area contributed by atoms with Crippen LogP contribution in [0.1, 0.15) is 12.0 Å². The molecule has 2 rings (SSSR count). The van der Waals surface area contributed by atoms with Crippen molar-refractivity contribution in [1.82, 2.24) is 4.57 Å². The maximum absolute atomic E-state index is 10.9. The van der Waals surface area contributed by atoms with Crippen LogP contribution in [0, 0.1) is 0 Å². The van der Waals surface area contributed by atoms with E-state index in [1.165, 1.54) is 0 Å². The number of fused-ring (bicyclic) bond motifs is 1. The zero-order valence-corrected chi connectivity index (χ0v) is 11.5. The fourth-order valence-corrected chi connectivity index (χ4v) is 2.44. The summed E-state index contributed by atoms with van der Waals surface area (Å²) in [6.45, 7) is 1.44. The van der Waals surface area contributed by atoms with Crippen LogP contribution in [0.25, 0.3) is 10.9 Å². The number of nitrogens with two attached hydrogens (primary N) is 1. The van der Waals surface area contributed by atoms with Crippen molar-refractivity contribution in [3.8, 4) is 0 Å². The molecular weight excluding hydrogens is 296 g/mol. The van der Waals surface area contributed by atoms with Crippen molar-refractivity contribution in [1.29, 1.82) is 0 Å². The van der Waals surface area contributed by atoms with Crippen molar-refractivity contribution in [3.63, 3.8) is 0 Å². The SMILES string of the molecule is NCCCn1cc(CC(=O)O)c2ccc(Br)cc21. The van der Waals surface area contributed by atoms with Crippen LogP contribution in [0.15, 0.2) is 28.9 Å². The molecule has 0 aliphatic carbocycles. The molecule has 1 aromatic carbocycles. The number of hydrogen-bond donors (Lipinski definition) is 2. The van der Waals surface area contributed by atoms with Crippen LogP contribution in [0.5, 0.6) is 0 Å². The number of aromatic nitrogens is 1. The lowest BCUT2D eigenvalue weighted by Crippen LogP contribution is -2.05. The van der Waals surface area contributed by atoms with E-state index in [4.69, 9.17) is 10.8 Å². The fraction of sp³-hybridized carbons (Fsp3) is 0.308. The highest BCUT2D eigenvalue weighted by Crippen LogP contribution is 2.25. The molecule has 0 amide bonds. The van der Waals surface area contributed by atoms with E-state index in [9.17, 15) is 4.79 Å². The molecule has 0 aliphatic heterocycles. The van der Waals surface area contributed by atoms with Crippen molar-refractivity contribution >= 4 is 32.8 Å². The van der Waals surface area contributed by atoms with Gasteiger partial charge in [-0.15, -0.1) is 0 Å². The van der Waals surface area contributed by atoms with Gasteiger partial charge in [0.2, 0.25) is 0 Å². The van der Waals surface area contributed by atoms with E-state index >= 15 is 0 Å². The van der Waals surface area contributed by atoms with Crippen LogP contribution < -0.4 is 5.73 Å². The van der Waals surface area contributed by atoms with Crippen LogP contribution in [0.3, 0.4) is 0 Å². The lowest BCUT2D eigenvalue weighted by atomic mass is 10.1. The number of aryl methyl sites for hydroxylation is 1. The number of carboxylic acid groups (broad SMARTS) is 1. The minimum atomic E-state index is -0.809. The number of rotatable bonds is 5. The Morgan fingerprint density at radius 1 is 1.44 bits per heavy atom. The van der Waals surface area contributed by atoms with E-state index < -0.39 is 5.97 Å². The first-order valence-corrected chi connectivity index (χ1v) is 6.60. The number of carbonyl (C=O) groups is 1. The van der Waals surface area contributed by atoms with Crippen molar-refractivity contribution in [2.45, 2.75) is 19.4 Å². The van der Waals surface area contributed by atoms with E-state index in [-0.39, 0.29) is 6.42 Å². The smallest absolute Gasteiger partial charge is 0.307 e. The van der Waals surface area contributed by atoms with Crippen LogP contribution >= 0.6 is 15.9 Å². The number of benzene rings is 1. The van der Waals surface area contributed by atoms with Crippen molar-refractivity contribution < 1.29 is 9.90 Å². The molecule has 0 aliphatic rings. The molecule has 0 atom stereocenters. The molecule has 2 aromatic rings. The van der Waals surface area contributed by atoms with Gasteiger partial charge in [-0.1, -0.05) is 22.0 Å². The summed E-state index contributed by atoms with van der Waals surface area (Å²) >= 11 is 3.44. The van der Waals surface area contributed by atoms with Gasteiger partial charge in [0.05, 0.1) is 6.42 Å². The van der Waals surface area contributed by atoms with Gasteiger partial charge >= 0.3 is 5.97 Å². The molecule has 4 nitrogen and oxygen atoms in total. The van der Waals surface area contributed by atoms with Crippen LogP contribution in [0.2, 0.25) is 0 Å². The van der Waals surface area contributed by atoms with Gasteiger partial charge in [-0.2, -0.15) is 0 Å². The monoisotopic (exact) mass is 310 g/mol. The largest absolute Gasteiger partial charge is 0.481 e. The highest BCUT2D eigenvalue weighted by molar-refractivity contribution is 9.10. The summed E-state index contributed by atoms with van der Waals surface area (Å²) in [6.07, 6.45) is 2.84. The number of nitrogens with zero attached hydrogens (tertiary/aromatic N) is 1. The predicted molar refractivity (Wildman–Crippen MR) is 74.6 cm³/mol. The first-order chi connectivity index (χ1) is 8.61. The third-order valence-corrected chi connectivity index (χ3v) is 3.36. The predicted octanol–water partition coefficient (Wildman–Crippen LogP) is 2.38. The number of carboxylic acids is 1. The normalized spacial score (nSPS) is 11.0. The molecule has 1 aromatic heterocycles. The minimum absolute atomic E-state index is 0.0494. The second-order valence-corrected chi connectivity index (χ2v) is 5.14. The molecule has 0 saturated heterocycles. The summed E-state index contributed by atoms with van der Waals surface area (Å²) in [6, 6.07) is 5.90. The summed E-state index contributed by atoms with van der Waals surface area (Å²) in [5, 5.41) is 9.93. The van der Waals surface area contributed by atoms with Gasteiger partial charge in [0.1, 0.15) is 0 Å². The van der Waals surface area contributed by atoms with E-state index in [1.807, 2.05) is 24.4 Å². The van der Waals surface area contributed by atoms with Gasteiger partial charge < -0.3 is 15.4 Å². The molecule has 1 heterocycles. The topological polar surface area (TPSA) is 68.2 Å². The Labute approximate surface area is 114 Å². The van der Waals surface area contributed by atoms with Crippen LogP contribution in [0.4, 0.5) is 0 Å². The third kappa shape index (κ3) is 2.73. The molecule has 18 heavy (non-hydrogen) atoms.